The summed E-state index contributed by atoms with van der Waals surface area (Å²) in [7, 11) is 1.48. The molecule has 0 spiro atoms. The van der Waals surface area contributed by atoms with E-state index in [1.165, 1.54) is 30.1 Å². The first-order chi connectivity index (χ1) is 18.2. The van der Waals surface area contributed by atoms with Gasteiger partial charge in [-0.05, 0) is 42.0 Å². The number of nitrogens with one attached hydrogen (secondary N) is 1. The lowest BCUT2D eigenvalue weighted by Crippen LogP contribution is -2.55. The van der Waals surface area contributed by atoms with E-state index in [0.717, 1.165) is 11.8 Å². The monoisotopic (exact) mass is 586 g/mol. The Hall–Kier alpha value is -2.29. The van der Waals surface area contributed by atoms with E-state index in [2.05, 4.69) is 15.6 Å². The normalized spacial score (nSPS) is 23.4. The van der Waals surface area contributed by atoms with Crippen LogP contribution in [0.25, 0.3) is 11.3 Å². The molecule has 3 aromatic rings. The van der Waals surface area contributed by atoms with Gasteiger partial charge in [0.1, 0.15) is 47.9 Å². The van der Waals surface area contributed by atoms with E-state index >= 15 is 0 Å². The molecule has 1 fully saturated rings. The molecule has 0 bridgehead atoms. The van der Waals surface area contributed by atoms with Gasteiger partial charge in [-0.25, -0.2) is 9.07 Å². The average Bonchev–Trinajstić information content (AvgIpc) is 3.37. The molecule has 1 aliphatic heterocycles. The first-order valence-electron chi connectivity index (χ1n) is 11.4. The van der Waals surface area contributed by atoms with Crippen molar-refractivity contribution in [2.45, 2.75) is 41.3 Å². The maximum absolute atomic E-state index is 14.3. The van der Waals surface area contributed by atoms with Crippen LogP contribution in [0.4, 0.5) is 4.39 Å². The molecule has 14 heteroatoms. The third-order valence-corrected chi connectivity index (χ3v) is 7.73. The molecule has 38 heavy (non-hydrogen) atoms. The molecule has 1 amide bonds. The van der Waals surface area contributed by atoms with Crippen LogP contribution in [0.1, 0.15) is 11.6 Å². The second-order valence-corrected chi connectivity index (χ2v) is 10.5. The molecule has 5 atom stereocenters. The van der Waals surface area contributed by atoms with E-state index < -0.39 is 42.2 Å². The molecule has 0 unspecified atom stereocenters. The highest BCUT2D eigenvalue weighted by Crippen LogP contribution is 2.39. The fourth-order valence-electron chi connectivity index (χ4n) is 3.93. The second-order valence-electron chi connectivity index (χ2n) is 8.49. The standard InChI is InChI=1S/C24H25Cl2FN4O6S/c1-28-20(33)11-36-10-12-4-13(6-14(27)5-12)18-8-31(30-29-18)21-22(34)19(9-32)37-24(23(21)35)38-15-2-3-16(25)17(26)7-15/h2-8,19,21-24,32,34-35H,9-11H2,1H3,(H,28,33)/t19-,21+,22+,23-,24+/m1/s1. The number of halogens is 3. The molecule has 4 N–H and O–H groups in total. The molecule has 4 rings (SSSR count). The van der Waals surface area contributed by atoms with Crippen LogP contribution in [0.5, 0.6) is 0 Å². The predicted octanol–water partition coefficient (Wildman–Crippen LogP) is 2.43. The van der Waals surface area contributed by atoms with Gasteiger partial charge < -0.3 is 30.1 Å². The molecule has 2 heterocycles. The highest BCUT2D eigenvalue weighted by Gasteiger charge is 2.46. The number of hydrogen-bond donors (Lipinski definition) is 4. The van der Waals surface area contributed by atoms with Crippen molar-refractivity contribution < 1.29 is 34.0 Å². The molecular formula is C24H25Cl2FN4O6S. The number of rotatable bonds is 9. The van der Waals surface area contributed by atoms with E-state index in [0.29, 0.717) is 26.1 Å². The molecule has 0 aliphatic carbocycles. The summed E-state index contributed by atoms with van der Waals surface area (Å²) in [6.07, 6.45) is -2.16. The minimum atomic E-state index is -1.32. The minimum Gasteiger partial charge on any atom is -0.394 e. The van der Waals surface area contributed by atoms with Crippen LogP contribution in [0.3, 0.4) is 0 Å². The number of thioether (sulfide) groups is 1. The number of amides is 1. The van der Waals surface area contributed by atoms with E-state index in [1.807, 2.05) is 0 Å². The Morgan fingerprint density at radius 3 is 2.71 bits per heavy atom. The first-order valence-corrected chi connectivity index (χ1v) is 13.1. The van der Waals surface area contributed by atoms with Crippen molar-refractivity contribution in [1.29, 1.82) is 0 Å². The van der Waals surface area contributed by atoms with Gasteiger partial charge in [0.05, 0.1) is 29.5 Å². The van der Waals surface area contributed by atoms with Crippen molar-refractivity contribution in [2.75, 3.05) is 20.3 Å². The minimum absolute atomic E-state index is 0.00446. The number of carbonyl (C=O) groups excluding carboxylic acids is 1. The van der Waals surface area contributed by atoms with Gasteiger partial charge in [0.15, 0.2) is 0 Å². The molecule has 10 nitrogen and oxygen atoms in total. The molecule has 204 valence electrons. The zero-order valence-electron chi connectivity index (χ0n) is 20.0. The predicted molar refractivity (Wildman–Crippen MR) is 138 cm³/mol. The topological polar surface area (TPSA) is 139 Å². The number of carbonyl (C=O) groups is 1. The number of ether oxygens (including phenoxy) is 2. The van der Waals surface area contributed by atoms with Gasteiger partial charge in [0, 0.05) is 17.5 Å². The SMILES string of the molecule is CNC(=O)COCc1cc(F)cc(-c2cn([C@H]3[C@@H](O)[C@@H](CO)O[C@@H](Sc4ccc(Cl)c(Cl)c4)[C@@H]3O)nn2)c1. The van der Waals surface area contributed by atoms with Gasteiger partial charge >= 0.3 is 0 Å². The summed E-state index contributed by atoms with van der Waals surface area (Å²) in [5.74, 6) is -0.852. The van der Waals surface area contributed by atoms with Crippen molar-refractivity contribution >= 4 is 40.9 Å². The van der Waals surface area contributed by atoms with Gasteiger partial charge in [0.2, 0.25) is 5.91 Å². The maximum atomic E-state index is 14.3. The van der Waals surface area contributed by atoms with E-state index in [9.17, 15) is 24.5 Å². The zero-order valence-corrected chi connectivity index (χ0v) is 22.3. The molecule has 1 aromatic heterocycles. The Morgan fingerprint density at radius 2 is 2.00 bits per heavy atom. The largest absolute Gasteiger partial charge is 0.394 e. The van der Waals surface area contributed by atoms with Crippen LogP contribution < -0.4 is 5.32 Å². The summed E-state index contributed by atoms with van der Waals surface area (Å²) in [5.41, 5.74) is 0.232. The smallest absolute Gasteiger partial charge is 0.245 e. The third kappa shape index (κ3) is 6.64. The molecule has 1 saturated heterocycles. The molecule has 1 aliphatic rings. The summed E-state index contributed by atoms with van der Waals surface area (Å²) in [5, 5.41) is 43.1. The van der Waals surface area contributed by atoms with Crippen LogP contribution in [-0.2, 0) is 20.9 Å². The molecule has 2 aromatic carbocycles. The van der Waals surface area contributed by atoms with Crippen LogP contribution in [-0.4, -0.2) is 80.2 Å². The fraction of sp³-hybridized carbons (Fsp3) is 0.375. The zero-order chi connectivity index (χ0) is 27.4. The van der Waals surface area contributed by atoms with Crippen molar-refractivity contribution in [1.82, 2.24) is 20.3 Å². The quantitative estimate of drug-likeness (QED) is 0.297. The van der Waals surface area contributed by atoms with Crippen molar-refractivity contribution in [3.63, 3.8) is 0 Å². The van der Waals surface area contributed by atoms with Gasteiger partial charge in [-0.1, -0.05) is 40.2 Å². The number of likely N-dealkylation sites (N-methyl/N-ethyl adjacent to an activating group) is 1. The van der Waals surface area contributed by atoms with Crippen molar-refractivity contribution in [2.24, 2.45) is 0 Å². The highest BCUT2D eigenvalue weighted by atomic mass is 35.5. The number of aliphatic hydroxyl groups excluding tert-OH is 3. The van der Waals surface area contributed by atoms with Crippen LogP contribution in [0.15, 0.2) is 47.5 Å². The van der Waals surface area contributed by atoms with Crippen molar-refractivity contribution in [3.8, 4) is 11.3 Å². The van der Waals surface area contributed by atoms with Gasteiger partial charge in [0.25, 0.3) is 0 Å². The van der Waals surface area contributed by atoms with Gasteiger partial charge in [-0.2, -0.15) is 0 Å². The summed E-state index contributed by atoms with van der Waals surface area (Å²) in [4.78, 5) is 12.0. The average molecular weight is 587 g/mol. The van der Waals surface area contributed by atoms with Gasteiger partial charge in [-0.15, -0.1) is 5.10 Å². The van der Waals surface area contributed by atoms with Crippen LogP contribution >= 0.6 is 35.0 Å². The lowest BCUT2D eigenvalue weighted by molar-refractivity contribution is -0.178. The van der Waals surface area contributed by atoms with Crippen LogP contribution in [0, 0.1) is 5.82 Å². The number of nitrogens with zero attached hydrogens (tertiary/aromatic N) is 3. The first kappa shape index (κ1) is 28.7. The van der Waals surface area contributed by atoms with Crippen LogP contribution in [0.2, 0.25) is 10.0 Å². The number of benzene rings is 2. The Labute approximate surface area is 231 Å². The Kier molecular flexibility index (Phi) is 9.60. The number of aliphatic hydroxyl groups is 3. The lowest BCUT2D eigenvalue weighted by Gasteiger charge is -2.41. The molecule has 0 radical (unpaired) electrons. The van der Waals surface area contributed by atoms with E-state index in [4.69, 9.17) is 32.7 Å². The Bertz CT molecular complexity index is 1280. The highest BCUT2D eigenvalue weighted by molar-refractivity contribution is 7.99. The third-order valence-electron chi connectivity index (χ3n) is 5.84. The van der Waals surface area contributed by atoms with E-state index in [-0.39, 0.29) is 24.8 Å². The summed E-state index contributed by atoms with van der Waals surface area (Å²) >= 11 is 13.2. The fourth-order valence-corrected chi connectivity index (χ4v) is 5.39. The Balaban J connectivity index is 1.56. The summed E-state index contributed by atoms with van der Waals surface area (Å²) < 4.78 is 26.7. The number of hydrogen-bond acceptors (Lipinski definition) is 9. The van der Waals surface area contributed by atoms with E-state index in [1.54, 1.807) is 24.3 Å². The summed E-state index contributed by atoms with van der Waals surface area (Å²) in [6, 6.07) is 8.07. The Morgan fingerprint density at radius 1 is 1.21 bits per heavy atom. The lowest BCUT2D eigenvalue weighted by atomic mass is 9.97. The second kappa shape index (κ2) is 12.7. The molecular weight excluding hydrogens is 562 g/mol. The summed E-state index contributed by atoms with van der Waals surface area (Å²) in [6.45, 7) is -0.686. The van der Waals surface area contributed by atoms with Gasteiger partial charge in [-0.3, -0.25) is 4.79 Å². The maximum Gasteiger partial charge on any atom is 0.245 e. The molecule has 0 saturated carbocycles. The van der Waals surface area contributed by atoms with Crippen molar-refractivity contribution in [3.05, 3.63) is 64.0 Å². The number of aromatic nitrogens is 3.